The van der Waals surface area contributed by atoms with E-state index in [1.807, 2.05) is 0 Å². The van der Waals surface area contributed by atoms with Crippen molar-refractivity contribution < 1.29 is 0 Å². The lowest BCUT2D eigenvalue weighted by molar-refractivity contribution is 0.775. The molecule has 0 aromatic carbocycles. The van der Waals surface area contributed by atoms with E-state index in [-0.39, 0.29) is 5.92 Å². The molecule has 0 bridgehead atoms. The second-order valence-corrected chi connectivity index (χ2v) is 6.29. The molecule has 0 aliphatic rings. The molecule has 102 valence electrons. The predicted octanol–water partition coefficient (Wildman–Crippen LogP) is 3.32. The number of anilines is 2. The SMILES string of the molecule is CC(C)c1nc(NN)cc(NCc2cc(Br)cs2)n1. The summed E-state index contributed by atoms with van der Waals surface area (Å²) in [6.45, 7) is 4.83. The maximum Gasteiger partial charge on any atom is 0.145 e. The van der Waals surface area contributed by atoms with Crippen LogP contribution in [-0.2, 0) is 6.54 Å². The standard InChI is InChI=1S/C12H16BrN5S/c1-7(2)12-16-10(4-11(17-12)18-14)15-5-9-3-8(13)6-19-9/h3-4,6-7H,5,14H2,1-2H3,(H2,15,16,17,18). The van der Waals surface area contributed by atoms with E-state index in [9.17, 15) is 0 Å². The second kappa shape index (κ2) is 6.31. The van der Waals surface area contributed by atoms with Gasteiger partial charge in [0.15, 0.2) is 0 Å². The zero-order chi connectivity index (χ0) is 13.8. The zero-order valence-electron chi connectivity index (χ0n) is 10.8. The Hall–Kier alpha value is -1.18. The van der Waals surface area contributed by atoms with E-state index in [2.05, 4.69) is 61.9 Å². The van der Waals surface area contributed by atoms with Crippen molar-refractivity contribution >= 4 is 38.9 Å². The number of nitrogens with one attached hydrogen (secondary N) is 2. The van der Waals surface area contributed by atoms with Crippen LogP contribution in [0.5, 0.6) is 0 Å². The van der Waals surface area contributed by atoms with Crippen LogP contribution in [-0.4, -0.2) is 9.97 Å². The minimum Gasteiger partial charge on any atom is -0.365 e. The molecule has 2 aromatic heterocycles. The number of halogens is 1. The highest BCUT2D eigenvalue weighted by atomic mass is 79.9. The zero-order valence-corrected chi connectivity index (χ0v) is 13.2. The number of hydrogen-bond acceptors (Lipinski definition) is 6. The molecule has 2 heterocycles. The lowest BCUT2D eigenvalue weighted by atomic mass is 10.2. The van der Waals surface area contributed by atoms with Gasteiger partial charge < -0.3 is 10.7 Å². The van der Waals surface area contributed by atoms with Crippen molar-refractivity contribution in [1.29, 1.82) is 0 Å². The largest absolute Gasteiger partial charge is 0.365 e. The van der Waals surface area contributed by atoms with Gasteiger partial charge in [-0.25, -0.2) is 15.8 Å². The van der Waals surface area contributed by atoms with Crippen LogP contribution in [0.3, 0.4) is 0 Å². The molecule has 0 spiro atoms. The summed E-state index contributed by atoms with van der Waals surface area (Å²) in [7, 11) is 0. The quantitative estimate of drug-likeness (QED) is 0.574. The van der Waals surface area contributed by atoms with E-state index < -0.39 is 0 Å². The molecule has 5 nitrogen and oxygen atoms in total. The van der Waals surface area contributed by atoms with Crippen molar-refractivity contribution in [3.63, 3.8) is 0 Å². The summed E-state index contributed by atoms with van der Waals surface area (Å²) in [5, 5.41) is 5.35. The summed E-state index contributed by atoms with van der Waals surface area (Å²) in [5.74, 6) is 7.84. The molecule has 0 saturated heterocycles. The minimum absolute atomic E-state index is 0.254. The van der Waals surface area contributed by atoms with Gasteiger partial charge in [0.1, 0.15) is 17.5 Å². The van der Waals surface area contributed by atoms with Gasteiger partial charge in [0, 0.05) is 26.7 Å². The van der Waals surface area contributed by atoms with Crippen LogP contribution < -0.4 is 16.6 Å². The van der Waals surface area contributed by atoms with Crippen molar-refractivity contribution in [1.82, 2.24) is 9.97 Å². The third-order valence-electron chi connectivity index (χ3n) is 2.47. The van der Waals surface area contributed by atoms with Gasteiger partial charge in [-0.15, -0.1) is 11.3 Å². The molecular formula is C12H16BrN5S. The molecule has 0 atom stereocenters. The monoisotopic (exact) mass is 341 g/mol. The van der Waals surface area contributed by atoms with Crippen LogP contribution in [0.1, 0.15) is 30.5 Å². The summed E-state index contributed by atoms with van der Waals surface area (Å²) in [6.07, 6.45) is 0. The molecule has 0 aliphatic heterocycles. The molecule has 7 heteroatoms. The van der Waals surface area contributed by atoms with Gasteiger partial charge in [0.25, 0.3) is 0 Å². The molecule has 0 fully saturated rings. The fraction of sp³-hybridized carbons (Fsp3) is 0.333. The Bertz CT molecular complexity index is 555. The average molecular weight is 342 g/mol. The molecule has 2 rings (SSSR count). The van der Waals surface area contributed by atoms with Crippen molar-refractivity contribution in [2.45, 2.75) is 26.3 Å². The maximum atomic E-state index is 5.43. The normalized spacial score (nSPS) is 10.8. The molecular weight excluding hydrogens is 326 g/mol. The first-order valence-electron chi connectivity index (χ1n) is 5.91. The van der Waals surface area contributed by atoms with Crippen LogP contribution in [0.4, 0.5) is 11.6 Å². The first-order valence-corrected chi connectivity index (χ1v) is 7.58. The van der Waals surface area contributed by atoms with Gasteiger partial charge in [0.2, 0.25) is 0 Å². The van der Waals surface area contributed by atoms with Gasteiger partial charge in [-0.2, -0.15) is 0 Å². The third-order valence-corrected chi connectivity index (χ3v) is 4.17. The van der Waals surface area contributed by atoms with Crippen LogP contribution in [0, 0.1) is 0 Å². The van der Waals surface area contributed by atoms with E-state index in [0.29, 0.717) is 5.82 Å². The van der Waals surface area contributed by atoms with Crippen LogP contribution >= 0.6 is 27.3 Å². The highest BCUT2D eigenvalue weighted by Crippen LogP contribution is 2.21. The van der Waals surface area contributed by atoms with E-state index in [1.54, 1.807) is 17.4 Å². The van der Waals surface area contributed by atoms with E-state index in [1.165, 1.54) is 4.88 Å². The number of hydrazine groups is 1. The number of hydrogen-bond donors (Lipinski definition) is 3. The van der Waals surface area contributed by atoms with Crippen molar-refractivity contribution in [3.8, 4) is 0 Å². The Kier molecular flexibility index (Phi) is 4.73. The molecule has 19 heavy (non-hydrogen) atoms. The fourth-order valence-corrected chi connectivity index (χ4v) is 2.90. The summed E-state index contributed by atoms with van der Waals surface area (Å²) in [5.41, 5.74) is 2.57. The smallest absolute Gasteiger partial charge is 0.145 e. The lowest BCUT2D eigenvalue weighted by Gasteiger charge is -2.10. The van der Waals surface area contributed by atoms with Crippen molar-refractivity contribution in [3.05, 3.63) is 32.7 Å². The van der Waals surface area contributed by atoms with Crippen LogP contribution in [0.2, 0.25) is 0 Å². The molecule has 0 unspecified atom stereocenters. The summed E-state index contributed by atoms with van der Waals surface area (Å²) >= 11 is 5.14. The summed E-state index contributed by atoms with van der Waals surface area (Å²) < 4.78 is 1.10. The summed E-state index contributed by atoms with van der Waals surface area (Å²) in [6, 6.07) is 3.89. The Labute approximate surface area is 124 Å². The van der Waals surface area contributed by atoms with E-state index >= 15 is 0 Å². The van der Waals surface area contributed by atoms with Crippen LogP contribution in [0.15, 0.2) is 22.0 Å². The Morgan fingerprint density at radius 2 is 2.05 bits per heavy atom. The minimum atomic E-state index is 0.254. The number of thiophene rings is 1. The molecule has 4 N–H and O–H groups in total. The Balaban J connectivity index is 2.12. The molecule has 0 aliphatic carbocycles. The van der Waals surface area contributed by atoms with Gasteiger partial charge in [0.05, 0.1) is 6.54 Å². The molecule has 2 aromatic rings. The highest BCUT2D eigenvalue weighted by Gasteiger charge is 2.07. The van der Waals surface area contributed by atoms with Crippen LogP contribution in [0.25, 0.3) is 0 Å². The fourth-order valence-electron chi connectivity index (χ4n) is 1.51. The molecule has 0 saturated carbocycles. The first kappa shape index (κ1) is 14.2. The maximum absolute atomic E-state index is 5.43. The van der Waals surface area contributed by atoms with Gasteiger partial charge in [-0.3, -0.25) is 0 Å². The van der Waals surface area contributed by atoms with Gasteiger partial charge >= 0.3 is 0 Å². The van der Waals surface area contributed by atoms with Gasteiger partial charge in [-0.05, 0) is 22.0 Å². The van der Waals surface area contributed by atoms with Crippen molar-refractivity contribution in [2.75, 3.05) is 10.7 Å². The number of rotatable bonds is 5. The average Bonchev–Trinajstić information content (AvgIpc) is 2.81. The number of aromatic nitrogens is 2. The lowest BCUT2D eigenvalue weighted by Crippen LogP contribution is -2.12. The molecule has 0 amide bonds. The predicted molar refractivity (Wildman–Crippen MR) is 83.3 cm³/mol. The summed E-state index contributed by atoms with van der Waals surface area (Å²) in [4.78, 5) is 10.0. The topological polar surface area (TPSA) is 75.9 Å². The molecule has 0 radical (unpaired) electrons. The second-order valence-electron chi connectivity index (χ2n) is 4.38. The number of nitrogens with zero attached hydrogens (tertiary/aromatic N) is 2. The van der Waals surface area contributed by atoms with E-state index in [4.69, 9.17) is 5.84 Å². The Morgan fingerprint density at radius 1 is 1.32 bits per heavy atom. The van der Waals surface area contributed by atoms with Gasteiger partial charge in [-0.1, -0.05) is 13.8 Å². The van der Waals surface area contributed by atoms with E-state index in [0.717, 1.165) is 22.7 Å². The number of nitrogen functional groups attached to an aromatic ring is 1. The first-order chi connectivity index (χ1) is 9.08. The number of nitrogens with two attached hydrogens (primary N) is 1. The van der Waals surface area contributed by atoms with Crippen molar-refractivity contribution in [2.24, 2.45) is 5.84 Å². The third kappa shape index (κ3) is 3.89. The highest BCUT2D eigenvalue weighted by molar-refractivity contribution is 9.10. The Morgan fingerprint density at radius 3 is 2.63 bits per heavy atom.